The molecule has 0 fully saturated rings. The molecule has 9 heteroatoms. The second kappa shape index (κ2) is 8.06. The number of benzene rings is 2. The van der Waals surface area contributed by atoms with Gasteiger partial charge in [-0.3, -0.25) is 0 Å². The van der Waals surface area contributed by atoms with Gasteiger partial charge < -0.3 is 15.4 Å². The van der Waals surface area contributed by atoms with E-state index in [1.165, 1.54) is 24.3 Å². The first-order valence-corrected chi connectivity index (χ1v) is 9.23. The van der Waals surface area contributed by atoms with Gasteiger partial charge in [-0.2, -0.15) is 0 Å². The van der Waals surface area contributed by atoms with Crippen LogP contribution in [0.15, 0.2) is 53.4 Å². The van der Waals surface area contributed by atoms with Gasteiger partial charge in [0, 0.05) is 5.69 Å². The molecule has 0 spiro atoms. The Bertz CT molecular complexity index is 881. The van der Waals surface area contributed by atoms with Crippen LogP contribution in [-0.4, -0.2) is 26.1 Å². The molecule has 132 valence electrons. The molecule has 0 saturated carbocycles. The number of nitrogens with one attached hydrogen (secondary N) is 2. The normalized spacial score (nSPS) is 10.8. The fourth-order valence-corrected chi connectivity index (χ4v) is 2.73. The van der Waals surface area contributed by atoms with E-state index in [1.54, 1.807) is 31.2 Å². The Morgan fingerprint density at radius 3 is 2.36 bits per heavy atom. The zero-order valence-electron chi connectivity index (χ0n) is 13.4. The van der Waals surface area contributed by atoms with Gasteiger partial charge in [-0.15, -0.1) is 0 Å². The molecule has 0 aliphatic heterocycles. The summed E-state index contributed by atoms with van der Waals surface area (Å²) in [5.74, 6) is -0.453. The summed E-state index contributed by atoms with van der Waals surface area (Å²) in [7, 11) is -3.74. The Labute approximate surface area is 151 Å². The monoisotopic (exact) mass is 379 g/mol. The third-order valence-electron chi connectivity index (χ3n) is 3.11. The summed E-state index contributed by atoms with van der Waals surface area (Å²) in [5.41, 5.74) is 1.43. The van der Waals surface area contributed by atoms with Crippen molar-refractivity contribution in [3.05, 3.63) is 54.1 Å². The summed E-state index contributed by atoms with van der Waals surface area (Å²) in [6.45, 7) is 2.00. The molecule has 0 radical (unpaired) electrons. The Morgan fingerprint density at radius 2 is 1.76 bits per heavy atom. The van der Waals surface area contributed by atoms with Crippen molar-refractivity contribution >= 4 is 44.7 Å². The van der Waals surface area contributed by atoms with Gasteiger partial charge in [-0.05, 0) is 55.5 Å². The molecule has 0 unspecified atom stereocenters. The first kappa shape index (κ1) is 18.8. The third-order valence-corrected chi connectivity index (χ3v) is 4.24. The predicted octanol–water partition coefficient (Wildman–Crippen LogP) is 2.32. The zero-order valence-corrected chi connectivity index (χ0v) is 15.0. The van der Waals surface area contributed by atoms with E-state index in [1.807, 2.05) is 0 Å². The number of hydrogen-bond acceptors (Lipinski definition) is 5. The number of carbonyl (C=O) groups is 1. The number of sulfonamides is 1. The van der Waals surface area contributed by atoms with Crippen molar-refractivity contribution in [2.24, 2.45) is 5.14 Å². The summed E-state index contributed by atoms with van der Waals surface area (Å²) in [6, 6.07) is 12.6. The molecule has 2 rings (SSSR count). The second-order valence-electron chi connectivity index (χ2n) is 4.91. The van der Waals surface area contributed by atoms with Crippen LogP contribution in [0.2, 0.25) is 0 Å². The van der Waals surface area contributed by atoms with E-state index in [-0.39, 0.29) is 16.6 Å². The average molecular weight is 379 g/mol. The van der Waals surface area contributed by atoms with E-state index in [4.69, 9.17) is 22.1 Å². The molecule has 0 heterocycles. The highest BCUT2D eigenvalue weighted by Gasteiger charge is 2.13. The lowest BCUT2D eigenvalue weighted by atomic mass is 10.2. The maximum absolute atomic E-state index is 11.9. The Morgan fingerprint density at radius 1 is 1.12 bits per heavy atom. The van der Waals surface area contributed by atoms with Crippen molar-refractivity contribution in [2.45, 2.75) is 11.8 Å². The Kier molecular flexibility index (Phi) is 6.07. The number of rotatable bonds is 5. The van der Waals surface area contributed by atoms with Gasteiger partial charge in [0.1, 0.15) is 0 Å². The molecule has 0 aliphatic carbocycles. The predicted molar refractivity (Wildman–Crippen MR) is 100 cm³/mol. The number of hydrogen-bond donors (Lipinski definition) is 3. The number of para-hydroxylation sites is 1. The number of esters is 1. The van der Waals surface area contributed by atoms with Gasteiger partial charge in [-0.1, -0.05) is 12.1 Å². The fourth-order valence-electron chi connectivity index (χ4n) is 1.99. The van der Waals surface area contributed by atoms with Gasteiger partial charge in [0.05, 0.1) is 22.8 Å². The Hall–Kier alpha value is -2.49. The number of ether oxygens (including phenoxy) is 1. The van der Waals surface area contributed by atoms with E-state index in [0.717, 1.165) is 0 Å². The maximum Gasteiger partial charge on any atom is 0.340 e. The van der Waals surface area contributed by atoms with Crippen LogP contribution in [0.3, 0.4) is 0 Å². The summed E-state index contributed by atoms with van der Waals surface area (Å²) in [4.78, 5) is 11.9. The number of primary sulfonamides is 1. The van der Waals surface area contributed by atoms with Crippen LogP contribution in [0.4, 0.5) is 11.4 Å². The summed E-state index contributed by atoms with van der Waals surface area (Å²) in [6.07, 6.45) is 0. The van der Waals surface area contributed by atoms with Crippen molar-refractivity contribution in [2.75, 3.05) is 17.2 Å². The van der Waals surface area contributed by atoms with Crippen LogP contribution < -0.4 is 15.8 Å². The first-order chi connectivity index (χ1) is 11.8. The molecule has 2 aromatic carbocycles. The number of thiocarbonyl (C=S) groups is 1. The van der Waals surface area contributed by atoms with Crippen molar-refractivity contribution < 1.29 is 17.9 Å². The lowest BCUT2D eigenvalue weighted by molar-refractivity contribution is 0.0527. The van der Waals surface area contributed by atoms with E-state index in [0.29, 0.717) is 16.9 Å². The molecule has 0 bridgehead atoms. The fraction of sp³-hybridized carbons (Fsp3) is 0.125. The molecule has 7 nitrogen and oxygen atoms in total. The van der Waals surface area contributed by atoms with E-state index >= 15 is 0 Å². The molecule has 2 aromatic rings. The molecule has 0 saturated heterocycles. The van der Waals surface area contributed by atoms with Crippen LogP contribution in [-0.2, 0) is 14.8 Å². The van der Waals surface area contributed by atoms with E-state index < -0.39 is 16.0 Å². The summed E-state index contributed by atoms with van der Waals surface area (Å²) >= 11 is 5.22. The number of anilines is 2. The van der Waals surface area contributed by atoms with Gasteiger partial charge in [0.2, 0.25) is 10.0 Å². The molecule has 25 heavy (non-hydrogen) atoms. The van der Waals surface area contributed by atoms with Crippen LogP contribution in [0.5, 0.6) is 0 Å². The molecule has 0 aliphatic rings. The van der Waals surface area contributed by atoms with Gasteiger partial charge >= 0.3 is 5.97 Å². The highest BCUT2D eigenvalue weighted by Crippen LogP contribution is 2.18. The third kappa shape index (κ3) is 5.24. The highest BCUT2D eigenvalue weighted by molar-refractivity contribution is 7.89. The maximum atomic E-state index is 11.9. The lowest BCUT2D eigenvalue weighted by Crippen LogP contribution is -2.21. The molecular formula is C16H17N3O4S2. The van der Waals surface area contributed by atoms with E-state index in [2.05, 4.69) is 10.6 Å². The average Bonchev–Trinajstić information content (AvgIpc) is 2.55. The molecule has 0 atom stereocenters. The van der Waals surface area contributed by atoms with Crippen LogP contribution in [0.1, 0.15) is 17.3 Å². The molecular weight excluding hydrogens is 362 g/mol. The van der Waals surface area contributed by atoms with E-state index in [9.17, 15) is 13.2 Å². The van der Waals surface area contributed by atoms with Gasteiger partial charge in [-0.25, -0.2) is 18.4 Å². The van der Waals surface area contributed by atoms with Crippen LogP contribution in [0, 0.1) is 0 Å². The standard InChI is InChI=1S/C16H17N3O4S2/c1-2-23-15(20)13-5-3-4-6-14(13)19-16(24)18-11-7-9-12(10-8-11)25(17,21)22/h3-10H,2H2,1H3,(H2,17,21,22)(H2,18,19,24). The summed E-state index contributed by atoms with van der Waals surface area (Å²) < 4.78 is 27.5. The molecule has 0 aromatic heterocycles. The minimum absolute atomic E-state index is 0.00424. The Balaban J connectivity index is 2.09. The van der Waals surface area contributed by atoms with Gasteiger partial charge in [0.15, 0.2) is 5.11 Å². The minimum atomic E-state index is -3.74. The molecule has 4 N–H and O–H groups in total. The van der Waals surface area contributed by atoms with Crippen molar-refractivity contribution in [3.63, 3.8) is 0 Å². The van der Waals surface area contributed by atoms with Crippen LogP contribution >= 0.6 is 12.2 Å². The van der Waals surface area contributed by atoms with Crippen molar-refractivity contribution in [3.8, 4) is 0 Å². The van der Waals surface area contributed by atoms with Crippen LogP contribution in [0.25, 0.3) is 0 Å². The highest BCUT2D eigenvalue weighted by atomic mass is 32.2. The number of nitrogens with two attached hydrogens (primary N) is 1. The number of carbonyl (C=O) groups excluding carboxylic acids is 1. The summed E-state index contributed by atoms with van der Waals surface area (Å²) in [5, 5.41) is 11.1. The zero-order chi connectivity index (χ0) is 18.4. The smallest absolute Gasteiger partial charge is 0.340 e. The lowest BCUT2D eigenvalue weighted by Gasteiger charge is -2.13. The van der Waals surface area contributed by atoms with Gasteiger partial charge in [0.25, 0.3) is 0 Å². The largest absolute Gasteiger partial charge is 0.462 e. The SMILES string of the molecule is CCOC(=O)c1ccccc1NC(=S)Nc1ccc(S(N)(=O)=O)cc1. The van der Waals surface area contributed by atoms with Crippen molar-refractivity contribution in [1.82, 2.24) is 0 Å². The first-order valence-electron chi connectivity index (χ1n) is 7.28. The minimum Gasteiger partial charge on any atom is -0.462 e. The quantitative estimate of drug-likeness (QED) is 0.540. The van der Waals surface area contributed by atoms with Crippen molar-refractivity contribution in [1.29, 1.82) is 0 Å². The topological polar surface area (TPSA) is 111 Å². The molecule has 0 amide bonds. The second-order valence-corrected chi connectivity index (χ2v) is 6.88.